The highest BCUT2D eigenvalue weighted by molar-refractivity contribution is 6.16. The third kappa shape index (κ3) is 4.28. The molecule has 0 fully saturated rings. The minimum absolute atomic E-state index is 0.787. The van der Waals surface area contributed by atoms with Gasteiger partial charge in [0.05, 0.1) is 5.52 Å². The van der Waals surface area contributed by atoms with Gasteiger partial charge in [-0.25, -0.2) is 0 Å². The quantitative estimate of drug-likeness (QED) is 0.232. The summed E-state index contributed by atoms with van der Waals surface area (Å²) in [6.45, 7) is 0. The largest absolute Gasteiger partial charge is 0.354 e. The molecular weight excluding hydrogens is 524 g/mol. The van der Waals surface area contributed by atoms with Crippen molar-refractivity contribution in [1.29, 1.82) is 0 Å². The Morgan fingerprint density at radius 1 is 0.372 bits per heavy atom. The van der Waals surface area contributed by atoms with Gasteiger partial charge in [0.2, 0.25) is 0 Å². The first kappa shape index (κ1) is 24.9. The average molecular weight is 551 g/mol. The van der Waals surface area contributed by atoms with Crippen LogP contribution < -0.4 is 0 Å². The third-order valence-electron chi connectivity index (χ3n) is 8.09. The van der Waals surface area contributed by atoms with E-state index in [9.17, 15) is 0 Å². The number of aromatic amines is 1. The summed E-state index contributed by atoms with van der Waals surface area (Å²) in [5.41, 5.74) is 12.2. The standard InChI is InChI=1S/C39H26N4/c1-4-14-26(15-5-1)29-20-10-11-21-30(29)32-24-25-33-31-22-12-13-23-34(31)40-38(33)36(32)39-35(27-16-6-2-7-17-27)37(41-43-42-39)28-18-8-3-9-19-28/h1-25,40H. The van der Waals surface area contributed by atoms with Crippen LogP contribution in [0.1, 0.15) is 0 Å². The third-order valence-corrected chi connectivity index (χ3v) is 8.09. The van der Waals surface area contributed by atoms with Crippen LogP contribution in [0.2, 0.25) is 0 Å². The zero-order valence-corrected chi connectivity index (χ0v) is 23.3. The molecule has 202 valence electrons. The summed E-state index contributed by atoms with van der Waals surface area (Å²) in [5.74, 6) is 0. The van der Waals surface area contributed by atoms with Crippen molar-refractivity contribution in [2.24, 2.45) is 0 Å². The number of para-hydroxylation sites is 1. The Labute approximate surface area is 249 Å². The maximum Gasteiger partial charge on any atom is 0.108 e. The Morgan fingerprint density at radius 3 is 1.70 bits per heavy atom. The highest BCUT2D eigenvalue weighted by Gasteiger charge is 2.24. The highest BCUT2D eigenvalue weighted by atomic mass is 15.3. The molecule has 0 radical (unpaired) electrons. The summed E-state index contributed by atoms with van der Waals surface area (Å²) >= 11 is 0. The number of benzene rings is 6. The molecule has 0 spiro atoms. The fourth-order valence-electron chi connectivity index (χ4n) is 6.15. The van der Waals surface area contributed by atoms with Crippen LogP contribution in [0.4, 0.5) is 0 Å². The summed E-state index contributed by atoms with van der Waals surface area (Å²) in [6.07, 6.45) is 0. The lowest BCUT2D eigenvalue weighted by atomic mass is 9.87. The van der Waals surface area contributed by atoms with Crippen molar-refractivity contribution in [2.75, 3.05) is 0 Å². The van der Waals surface area contributed by atoms with E-state index in [4.69, 9.17) is 5.10 Å². The van der Waals surface area contributed by atoms with Crippen LogP contribution in [-0.4, -0.2) is 20.4 Å². The minimum atomic E-state index is 0.787. The molecule has 0 unspecified atom stereocenters. The van der Waals surface area contributed by atoms with Crippen molar-refractivity contribution in [3.63, 3.8) is 0 Å². The molecule has 8 aromatic rings. The fourth-order valence-corrected chi connectivity index (χ4v) is 6.15. The predicted molar refractivity (Wildman–Crippen MR) is 176 cm³/mol. The van der Waals surface area contributed by atoms with Gasteiger partial charge in [-0.15, -0.1) is 10.2 Å². The van der Waals surface area contributed by atoms with Crippen LogP contribution in [0.3, 0.4) is 0 Å². The predicted octanol–water partition coefficient (Wildman–Crippen LogP) is 9.84. The molecule has 4 nitrogen and oxygen atoms in total. The molecule has 43 heavy (non-hydrogen) atoms. The number of aromatic nitrogens is 4. The lowest BCUT2D eigenvalue weighted by Gasteiger charge is -2.18. The zero-order chi connectivity index (χ0) is 28.6. The summed E-state index contributed by atoms with van der Waals surface area (Å²) in [6, 6.07) is 52.7. The molecule has 0 atom stereocenters. The van der Waals surface area contributed by atoms with Gasteiger partial charge in [-0.1, -0.05) is 146 Å². The molecule has 0 saturated heterocycles. The molecule has 4 heteroatoms. The SMILES string of the molecule is c1ccc(-c2ccccc2-c2ccc3c([nH]c4ccccc43)c2-c2nnnc(-c3ccccc3)c2-c2ccccc2)cc1. The molecule has 0 amide bonds. The first-order valence-electron chi connectivity index (χ1n) is 14.4. The second-order valence-electron chi connectivity index (χ2n) is 10.6. The van der Waals surface area contributed by atoms with Gasteiger partial charge in [0.15, 0.2) is 0 Å². The average Bonchev–Trinajstić information content (AvgIpc) is 3.47. The Hall–Kier alpha value is -5.87. The van der Waals surface area contributed by atoms with E-state index in [1.54, 1.807) is 0 Å². The summed E-state index contributed by atoms with van der Waals surface area (Å²) in [4.78, 5) is 3.76. The van der Waals surface area contributed by atoms with Crippen LogP contribution in [0.5, 0.6) is 0 Å². The Bertz CT molecular complexity index is 2220. The zero-order valence-electron chi connectivity index (χ0n) is 23.3. The number of hydrogen-bond acceptors (Lipinski definition) is 3. The first-order chi connectivity index (χ1) is 21.4. The van der Waals surface area contributed by atoms with E-state index in [2.05, 4.69) is 143 Å². The van der Waals surface area contributed by atoms with Crippen LogP contribution in [0, 0.1) is 0 Å². The van der Waals surface area contributed by atoms with Gasteiger partial charge in [0.1, 0.15) is 11.4 Å². The molecular formula is C39H26N4. The molecule has 0 aliphatic carbocycles. The molecule has 6 aromatic carbocycles. The number of nitrogens with zero attached hydrogens (tertiary/aromatic N) is 3. The van der Waals surface area contributed by atoms with Crippen LogP contribution in [0.25, 0.3) is 77.7 Å². The van der Waals surface area contributed by atoms with E-state index >= 15 is 0 Å². The molecule has 0 bridgehead atoms. The molecule has 8 rings (SSSR count). The van der Waals surface area contributed by atoms with E-state index in [1.807, 2.05) is 24.3 Å². The normalized spacial score (nSPS) is 11.3. The van der Waals surface area contributed by atoms with E-state index < -0.39 is 0 Å². The van der Waals surface area contributed by atoms with Gasteiger partial charge < -0.3 is 4.98 Å². The topological polar surface area (TPSA) is 54.5 Å². The van der Waals surface area contributed by atoms with E-state index in [1.165, 1.54) is 5.39 Å². The number of H-pyrrole nitrogens is 1. The van der Waals surface area contributed by atoms with Gasteiger partial charge in [-0.2, -0.15) is 0 Å². The second-order valence-corrected chi connectivity index (χ2v) is 10.6. The second kappa shape index (κ2) is 10.5. The van der Waals surface area contributed by atoms with Crippen molar-refractivity contribution in [3.05, 3.63) is 152 Å². The van der Waals surface area contributed by atoms with Gasteiger partial charge in [-0.3, -0.25) is 0 Å². The molecule has 1 N–H and O–H groups in total. The Kier molecular flexibility index (Phi) is 6.08. The number of fused-ring (bicyclic) bond motifs is 3. The fraction of sp³-hybridized carbons (Fsp3) is 0. The van der Waals surface area contributed by atoms with Crippen molar-refractivity contribution in [2.45, 2.75) is 0 Å². The van der Waals surface area contributed by atoms with Gasteiger partial charge in [0.25, 0.3) is 0 Å². The summed E-state index contributed by atoms with van der Waals surface area (Å²) < 4.78 is 0. The maximum atomic E-state index is 4.84. The number of nitrogens with one attached hydrogen (secondary N) is 1. The molecule has 0 aliphatic heterocycles. The Morgan fingerprint density at radius 2 is 0.953 bits per heavy atom. The van der Waals surface area contributed by atoms with E-state index in [0.717, 1.165) is 72.3 Å². The minimum Gasteiger partial charge on any atom is -0.354 e. The highest BCUT2D eigenvalue weighted by Crippen LogP contribution is 2.46. The molecule has 2 aromatic heterocycles. The number of hydrogen-bond donors (Lipinski definition) is 1. The monoisotopic (exact) mass is 550 g/mol. The van der Waals surface area contributed by atoms with Crippen LogP contribution in [0.15, 0.2) is 152 Å². The van der Waals surface area contributed by atoms with Gasteiger partial charge in [0, 0.05) is 33.0 Å². The first-order valence-corrected chi connectivity index (χ1v) is 14.4. The van der Waals surface area contributed by atoms with E-state index in [0.29, 0.717) is 0 Å². The van der Waals surface area contributed by atoms with Crippen molar-refractivity contribution in [3.8, 4) is 55.9 Å². The van der Waals surface area contributed by atoms with Gasteiger partial charge >= 0.3 is 0 Å². The lowest BCUT2D eigenvalue weighted by molar-refractivity contribution is 0.879. The number of rotatable bonds is 5. The van der Waals surface area contributed by atoms with Crippen LogP contribution in [-0.2, 0) is 0 Å². The molecule has 0 aliphatic rings. The molecule has 0 saturated carbocycles. The summed E-state index contributed by atoms with van der Waals surface area (Å²) in [5, 5.41) is 16.2. The van der Waals surface area contributed by atoms with Gasteiger partial charge in [-0.05, 0) is 39.1 Å². The van der Waals surface area contributed by atoms with Crippen molar-refractivity contribution < 1.29 is 0 Å². The smallest absolute Gasteiger partial charge is 0.108 e. The maximum absolute atomic E-state index is 4.84. The van der Waals surface area contributed by atoms with E-state index in [-0.39, 0.29) is 0 Å². The summed E-state index contributed by atoms with van der Waals surface area (Å²) in [7, 11) is 0. The lowest BCUT2D eigenvalue weighted by Crippen LogP contribution is -2.02. The van der Waals surface area contributed by atoms with Crippen molar-refractivity contribution >= 4 is 21.8 Å². The van der Waals surface area contributed by atoms with Crippen LogP contribution >= 0.6 is 0 Å². The Balaban J connectivity index is 1.52. The molecule has 2 heterocycles. The van der Waals surface area contributed by atoms with Crippen molar-refractivity contribution in [1.82, 2.24) is 20.4 Å².